The highest BCUT2D eigenvalue weighted by molar-refractivity contribution is 6.13. The summed E-state index contributed by atoms with van der Waals surface area (Å²) < 4.78 is 52.7. The van der Waals surface area contributed by atoms with Crippen LogP contribution in [0.1, 0.15) is 65.2 Å². The number of alkyl halides is 2. The van der Waals surface area contributed by atoms with E-state index in [4.69, 9.17) is 14.2 Å². The molecule has 18 heteroatoms. The van der Waals surface area contributed by atoms with E-state index in [0.29, 0.717) is 22.7 Å². The molecule has 2 heterocycles. The largest absolute Gasteiger partial charge is 0.457 e. The molecule has 65 heavy (non-hydrogen) atoms. The molecule has 12 atom stereocenters. The number of ether oxygens (including phenoxy) is 3. The van der Waals surface area contributed by atoms with Gasteiger partial charge in [-0.05, 0) is 87.9 Å². The van der Waals surface area contributed by atoms with Gasteiger partial charge in [0.15, 0.2) is 29.1 Å². The third-order valence-corrected chi connectivity index (χ3v) is 14.4. The van der Waals surface area contributed by atoms with Gasteiger partial charge in [-0.3, -0.25) is 38.5 Å². The van der Waals surface area contributed by atoms with Crippen molar-refractivity contribution in [3.8, 4) is 11.5 Å². The second-order valence-corrected chi connectivity index (χ2v) is 18.1. The number of allylic oxidation sites excluding steroid dienone is 4. The van der Waals surface area contributed by atoms with Crippen LogP contribution in [-0.2, 0) is 43.0 Å². The molecular formula is C47H50F2N4O12. The van der Waals surface area contributed by atoms with E-state index in [-0.39, 0.29) is 37.8 Å². The van der Waals surface area contributed by atoms with Gasteiger partial charge in [-0.25, -0.2) is 8.78 Å². The average Bonchev–Trinajstić information content (AvgIpc) is 3.89. The SMILES string of the molecule is C[C@H](NC(=O)CCN1C(=O)C=CC1=O)C(=O)N[C@@H](C)C(=O)Nc1cccc(Oc2ccc(C3O[C@@H]4C[C@H]5[C@@H]6C[C@H](F)C7=CC(=O)C=C[C@]7(C)[C@@]6(F)[C@@H](O)C[C@]5(C)[C@]4(C(=O)CO)O3)cc2)c1. The van der Waals surface area contributed by atoms with E-state index >= 15 is 8.78 Å². The van der Waals surface area contributed by atoms with Crippen LogP contribution in [0, 0.1) is 22.7 Å². The van der Waals surface area contributed by atoms with Crippen molar-refractivity contribution in [1.82, 2.24) is 15.5 Å². The number of imide groups is 1. The lowest BCUT2D eigenvalue weighted by atomic mass is 9.44. The molecule has 0 radical (unpaired) electrons. The number of carbonyl (C=O) groups excluding carboxylic acids is 7. The van der Waals surface area contributed by atoms with Crippen molar-refractivity contribution < 1.29 is 66.8 Å². The lowest BCUT2D eigenvalue weighted by molar-refractivity contribution is -0.235. The Labute approximate surface area is 372 Å². The molecule has 0 spiro atoms. The Bertz CT molecular complexity index is 2430. The van der Waals surface area contributed by atoms with E-state index < -0.39 is 118 Å². The topological polar surface area (TPSA) is 227 Å². The van der Waals surface area contributed by atoms with Crippen LogP contribution in [0.25, 0.3) is 0 Å². The number of anilines is 1. The lowest BCUT2D eigenvalue weighted by Gasteiger charge is -2.63. The fraction of sp³-hybridized carbons (Fsp3) is 0.468. The summed E-state index contributed by atoms with van der Waals surface area (Å²) >= 11 is 0. The van der Waals surface area contributed by atoms with Gasteiger partial charge in [0.1, 0.15) is 36.4 Å². The van der Waals surface area contributed by atoms with Gasteiger partial charge in [0, 0.05) is 59.2 Å². The monoisotopic (exact) mass is 900 g/mol. The van der Waals surface area contributed by atoms with Crippen LogP contribution in [0.3, 0.4) is 0 Å². The highest BCUT2D eigenvalue weighted by Gasteiger charge is 2.80. The van der Waals surface area contributed by atoms with Crippen molar-refractivity contribution in [2.45, 2.75) is 101 Å². The first-order valence-corrected chi connectivity index (χ1v) is 21.5. The molecule has 8 rings (SSSR count). The van der Waals surface area contributed by atoms with Crippen LogP contribution in [0.5, 0.6) is 11.5 Å². The van der Waals surface area contributed by atoms with Gasteiger partial charge in [0.05, 0.1) is 12.2 Å². The number of benzene rings is 2. The molecule has 16 nitrogen and oxygen atoms in total. The summed E-state index contributed by atoms with van der Waals surface area (Å²) in [7, 11) is 0. The molecule has 4 aliphatic carbocycles. The normalized spacial score (nSPS) is 34.1. The number of hydrogen-bond donors (Lipinski definition) is 5. The molecule has 1 unspecified atom stereocenters. The number of ketones is 2. The van der Waals surface area contributed by atoms with E-state index in [1.807, 2.05) is 0 Å². The Balaban J connectivity index is 0.887. The van der Waals surface area contributed by atoms with Crippen molar-refractivity contribution in [1.29, 1.82) is 0 Å². The zero-order valence-corrected chi connectivity index (χ0v) is 36.0. The summed E-state index contributed by atoms with van der Waals surface area (Å²) in [6.45, 7) is 5.04. The molecule has 6 aliphatic rings. The Morgan fingerprint density at radius 2 is 1.62 bits per heavy atom. The average molecular weight is 901 g/mol. The molecule has 344 valence electrons. The zero-order valence-electron chi connectivity index (χ0n) is 36.0. The number of halogens is 2. The fourth-order valence-electron chi connectivity index (χ4n) is 11.1. The third kappa shape index (κ3) is 7.49. The van der Waals surface area contributed by atoms with Crippen molar-refractivity contribution in [2.75, 3.05) is 18.5 Å². The summed E-state index contributed by atoms with van der Waals surface area (Å²) in [5, 5.41) is 29.8. The van der Waals surface area contributed by atoms with E-state index in [1.165, 1.54) is 32.9 Å². The summed E-state index contributed by atoms with van der Waals surface area (Å²) in [6.07, 6.45) is -0.225. The van der Waals surface area contributed by atoms with E-state index in [9.17, 15) is 43.8 Å². The van der Waals surface area contributed by atoms with Gasteiger partial charge in [-0.2, -0.15) is 0 Å². The van der Waals surface area contributed by atoms with Gasteiger partial charge < -0.3 is 40.4 Å². The maximum absolute atomic E-state index is 17.7. The number of hydrogen-bond acceptors (Lipinski definition) is 12. The first-order chi connectivity index (χ1) is 30.7. The Morgan fingerprint density at radius 3 is 2.31 bits per heavy atom. The van der Waals surface area contributed by atoms with Crippen LogP contribution in [-0.4, -0.2) is 111 Å². The fourth-order valence-corrected chi connectivity index (χ4v) is 11.1. The quantitative estimate of drug-likeness (QED) is 0.183. The molecule has 0 bridgehead atoms. The molecule has 2 aromatic carbocycles. The van der Waals surface area contributed by atoms with Crippen molar-refractivity contribution >= 4 is 46.8 Å². The molecule has 1 saturated heterocycles. The van der Waals surface area contributed by atoms with Gasteiger partial charge in [-0.15, -0.1) is 0 Å². The van der Waals surface area contributed by atoms with E-state index in [1.54, 1.807) is 55.5 Å². The summed E-state index contributed by atoms with van der Waals surface area (Å²) in [5.41, 5.74) is -6.23. The van der Waals surface area contributed by atoms with Crippen molar-refractivity contribution in [2.24, 2.45) is 22.7 Å². The van der Waals surface area contributed by atoms with Gasteiger partial charge in [0.25, 0.3) is 11.8 Å². The van der Waals surface area contributed by atoms with Crippen LogP contribution < -0.4 is 20.7 Å². The zero-order chi connectivity index (χ0) is 46.8. The minimum Gasteiger partial charge on any atom is -0.457 e. The Hall–Kier alpha value is -5.95. The van der Waals surface area contributed by atoms with Crippen LogP contribution >= 0.6 is 0 Å². The summed E-state index contributed by atoms with van der Waals surface area (Å²) in [5.74, 6) is -5.01. The number of nitrogens with zero attached hydrogens (tertiary/aromatic N) is 1. The minimum absolute atomic E-state index is 0.0133. The maximum Gasteiger partial charge on any atom is 0.253 e. The number of carbonyl (C=O) groups is 7. The number of fused-ring (bicyclic) bond motifs is 7. The molecule has 5 N–H and O–H groups in total. The second-order valence-electron chi connectivity index (χ2n) is 18.1. The molecule has 5 amide bonds. The van der Waals surface area contributed by atoms with Gasteiger partial charge in [-0.1, -0.05) is 31.2 Å². The van der Waals surface area contributed by atoms with Crippen LogP contribution in [0.2, 0.25) is 0 Å². The predicted octanol–water partition coefficient (Wildman–Crippen LogP) is 3.38. The number of rotatable bonds is 13. The van der Waals surface area contributed by atoms with Crippen LogP contribution in [0.4, 0.5) is 14.5 Å². The molecule has 3 saturated carbocycles. The first-order valence-electron chi connectivity index (χ1n) is 21.5. The van der Waals surface area contributed by atoms with Crippen molar-refractivity contribution in [3.05, 3.63) is 90.0 Å². The molecule has 2 aliphatic heterocycles. The Morgan fingerprint density at radius 1 is 0.923 bits per heavy atom. The number of aliphatic hydroxyl groups is 2. The van der Waals surface area contributed by atoms with Gasteiger partial charge in [0.2, 0.25) is 17.7 Å². The highest BCUT2D eigenvalue weighted by Crippen LogP contribution is 2.72. The molecule has 2 aromatic rings. The lowest BCUT2D eigenvalue weighted by Crippen LogP contribution is -2.70. The third-order valence-electron chi connectivity index (χ3n) is 14.4. The van der Waals surface area contributed by atoms with E-state index in [0.717, 1.165) is 23.1 Å². The van der Waals surface area contributed by atoms with Crippen molar-refractivity contribution in [3.63, 3.8) is 0 Å². The number of Topliss-reactive ketones (excluding diaryl/α,β-unsaturated/α-hetero) is 1. The second kappa shape index (κ2) is 16.8. The van der Waals surface area contributed by atoms with E-state index in [2.05, 4.69) is 16.0 Å². The highest BCUT2D eigenvalue weighted by atomic mass is 19.1. The van der Waals surface area contributed by atoms with Gasteiger partial charge >= 0.3 is 0 Å². The number of nitrogens with one attached hydrogen (secondary N) is 3. The summed E-state index contributed by atoms with van der Waals surface area (Å²) in [4.78, 5) is 88.6. The maximum atomic E-state index is 17.7. The first kappa shape index (κ1) is 45.6. The standard InChI is InChI=1S/C47H50F2N4O12/c1-24(50-38(58)15-17-53-39(59)12-13-40(53)60)41(61)51-25(2)42(62)52-27-6-5-7-30(18-27)63-29-10-8-26(9-11-29)43-64-37-21-31-32-20-34(48)33-19-28(55)14-16-44(33,3)46(32,49)35(56)22-45(31,4)47(37,65-43)36(57)23-54/h5-14,16,18-19,24-25,31-32,34-35,37,43,54,56H,15,17,20-23H2,1-4H3,(H,50,58)(H,51,61)(H,52,62)/t24-,25-,31-,32-,34-,35-,37+,43?,44-,45-,46-,47+/m0/s1. The summed E-state index contributed by atoms with van der Waals surface area (Å²) in [6, 6.07) is 11.0. The minimum atomic E-state index is -2.37. The Kier molecular flexibility index (Phi) is 11.8. The molecule has 4 fully saturated rings. The number of aliphatic hydroxyl groups excluding tert-OH is 2. The molecular weight excluding hydrogens is 851 g/mol. The smallest absolute Gasteiger partial charge is 0.253 e. The van der Waals surface area contributed by atoms with Crippen LogP contribution in [0.15, 0.2) is 84.5 Å². The predicted molar refractivity (Wildman–Crippen MR) is 225 cm³/mol. The number of amides is 5. The molecule has 0 aromatic heterocycles.